The Labute approximate surface area is 108 Å². The van der Waals surface area contributed by atoms with Gasteiger partial charge in [0.1, 0.15) is 5.92 Å². The average Bonchev–Trinajstić information content (AvgIpc) is 2.63. The number of urea groups is 1. The van der Waals surface area contributed by atoms with Crippen LogP contribution in [0.25, 0.3) is 0 Å². The van der Waals surface area contributed by atoms with Gasteiger partial charge < -0.3 is 20.5 Å². The van der Waals surface area contributed by atoms with Gasteiger partial charge in [-0.3, -0.25) is 9.00 Å². The Morgan fingerprint density at radius 1 is 1.50 bits per heavy atom. The number of carbonyl (C=O) groups is 2. The Balaban J connectivity index is 2.40. The first kappa shape index (κ1) is 14.9. The topological polar surface area (TPSA) is 105 Å². The molecular weight excluding hydrogens is 260 g/mol. The highest BCUT2D eigenvalue weighted by molar-refractivity contribution is 7.84. The van der Waals surface area contributed by atoms with Crippen molar-refractivity contribution in [3.05, 3.63) is 0 Å². The largest absolute Gasteiger partial charge is 0.481 e. The highest BCUT2D eigenvalue weighted by atomic mass is 32.2. The quantitative estimate of drug-likeness (QED) is 0.608. The van der Waals surface area contributed by atoms with E-state index in [1.165, 1.54) is 0 Å². The number of ether oxygens (including phenoxy) is 1. The van der Waals surface area contributed by atoms with Crippen LogP contribution >= 0.6 is 0 Å². The molecule has 2 amide bonds. The average molecular weight is 278 g/mol. The van der Waals surface area contributed by atoms with E-state index in [0.717, 1.165) is 0 Å². The second-order valence-electron chi connectivity index (χ2n) is 4.35. The van der Waals surface area contributed by atoms with Gasteiger partial charge in [0.05, 0.1) is 19.3 Å². The molecule has 0 saturated carbocycles. The third-order valence-corrected chi connectivity index (χ3v) is 3.55. The van der Waals surface area contributed by atoms with Crippen LogP contribution < -0.4 is 10.6 Å². The zero-order valence-electron chi connectivity index (χ0n) is 10.3. The number of carboxylic acids is 1. The molecule has 1 aliphatic heterocycles. The lowest BCUT2D eigenvalue weighted by atomic mass is 10.0. The number of amides is 2. The second-order valence-corrected chi connectivity index (χ2v) is 5.83. The molecule has 0 aromatic carbocycles. The summed E-state index contributed by atoms with van der Waals surface area (Å²) in [6.07, 6.45) is 1.56. The molecule has 104 valence electrons. The first-order valence-electron chi connectivity index (χ1n) is 5.57. The molecule has 7 nitrogen and oxygen atoms in total. The lowest BCUT2D eigenvalue weighted by Crippen LogP contribution is -2.50. The van der Waals surface area contributed by atoms with Gasteiger partial charge in [-0.1, -0.05) is 0 Å². The molecule has 0 radical (unpaired) electrons. The van der Waals surface area contributed by atoms with Gasteiger partial charge in [-0.25, -0.2) is 4.79 Å². The van der Waals surface area contributed by atoms with Crippen molar-refractivity contribution in [1.29, 1.82) is 0 Å². The normalized spacial score (nSPS) is 26.3. The molecule has 0 bridgehead atoms. The smallest absolute Gasteiger partial charge is 0.315 e. The van der Waals surface area contributed by atoms with Crippen molar-refractivity contribution in [1.82, 2.24) is 10.6 Å². The van der Waals surface area contributed by atoms with E-state index in [1.54, 1.807) is 13.2 Å². The summed E-state index contributed by atoms with van der Waals surface area (Å²) in [5, 5.41) is 14.1. The summed E-state index contributed by atoms with van der Waals surface area (Å²) in [5.41, 5.74) is 0. The maximum absolute atomic E-state index is 11.6. The monoisotopic (exact) mass is 278 g/mol. The minimum Gasteiger partial charge on any atom is -0.481 e. The third kappa shape index (κ3) is 4.61. The Hall–Kier alpha value is -1.15. The van der Waals surface area contributed by atoms with Gasteiger partial charge in [-0.05, 0) is 6.92 Å². The molecule has 1 saturated heterocycles. The van der Waals surface area contributed by atoms with E-state index in [2.05, 4.69) is 10.6 Å². The molecule has 0 aromatic heterocycles. The van der Waals surface area contributed by atoms with Gasteiger partial charge in [0.15, 0.2) is 0 Å². The second kappa shape index (κ2) is 6.69. The Morgan fingerprint density at radius 3 is 2.72 bits per heavy atom. The number of aliphatic carboxylic acids is 1. The van der Waals surface area contributed by atoms with Crippen LogP contribution in [-0.2, 0) is 20.3 Å². The van der Waals surface area contributed by atoms with Gasteiger partial charge in [0.25, 0.3) is 0 Å². The van der Waals surface area contributed by atoms with Gasteiger partial charge in [-0.15, -0.1) is 0 Å². The summed E-state index contributed by atoms with van der Waals surface area (Å²) < 4.78 is 16.0. The number of hydrogen-bond donors (Lipinski definition) is 3. The van der Waals surface area contributed by atoms with E-state index in [-0.39, 0.29) is 19.3 Å². The first-order valence-corrected chi connectivity index (χ1v) is 7.30. The number of rotatable bonds is 5. The van der Waals surface area contributed by atoms with Crippen LogP contribution in [-0.4, -0.2) is 58.6 Å². The molecular formula is C10H18N2O5S. The van der Waals surface area contributed by atoms with Crippen molar-refractivity contribution in [2.45, 2.75) is 19.0 Å². The van der Waals surface area contributed by atoms with Crippen molar-refractivity contribution in [3.8, 4) is 0 Å². The summed E-state index contributed by atoms with van der Waals surface area (Å²) in [6.45, 7) is 2.04. The van der Waals surface area contributed by atoms with Crippen molar-refractivity contribution in [2.75, 3.05) is 25.2 Å². The summed E-state index contributed by atoms with van der Waals surface area (Å²) in [6, 6.07) is -1.22. The minimum absolute atomic E-state index is 0.106. The van der Waals surface area contributed by atoms with Crippen molar-refractivity contribution in [3.63, 3.8) is 0 Å². The van der Waals surface area contributed by atoms with Crippen molar-refractivity contribution < 1.29 is 23.6 Å². The van der Waals surface area contributed by atoms with Crippen LogP contribution in [0.2, 0.25) is 0 Å². The number of hydrogen-bond acceptors (Lipinski definition) is 4. The van der Waals surface area contributed by atoms with E-state index in [4.69, 9.17) is 9.84 Å². The number of carbonyl (C=O) groups excluding carboxylic acids is 1. The number of nitrogens with one attached hydrogen (secondary N) is 2. The van der Waals surface area contributed by atoms with E-state index >= 15 is 0 Å². The molecule has 4 atom stereocenters. The van der Waals surface area contributed by atoms with Crippen LogP contribution in [0.5, 0.6) is 0 Å². The fraction of sp³-hybridized carbons (Fsp3) is 0.800. The zero-order valence-corrected chi connectivity index (χ0v) is 11.2. The van der Waals surface area contributed by atoms with Gasteiger partial charge >= 0.3 is 12.0 Å². The van der Waals surface area contributed by atoms with Crippen LogP contribution in [0.4, 0.5) is 4.79 Å². The molecule has 18 heavy (non-hydrogen) atoms. The van der Waals surface area contributed by atoms with Gasteiger partial charge in [-0.2, -0.15) is 0 Å². The lowest BCUT2D eigenvalue weighted by Gasteiger charge is -2.18. The molecule has 1 heterocycles. The molecule has 1 fully saturated rings. The summed E-state index contributed by atoms with van der Waals surface area (Å²) in [7, 11) is -0.992. The summed E-state index contributed by atoms with van der Waals surface area (Å²) in [5.74, 6) is -1.34. The predicted octanol–water partition coefficient (Wildman–Crippen LogP) is -0.848. The molecule has 1 rings (SSSR count). The van der Waals surface area contributed by atoms with Crippen LogP contribution in [0.15, 0.2) is 0 Å². The van der Waals surface area contributed by atoms with E-state index in [0.29, 0.717) is 5.75 Å². The lowest BCUT2D eigenvalue weighted by molar-refractivity contribution is -0.142. The van der Waals surface area contributed by atoms with Crippen molar-refractivity contribution >= 4 is 22.8 Å². The van der Waals surface area contributed by atoms with Crippen LogP contribution in [0.3, 0.4) is 0 Å². The van der Waals surface area contributed by atoms with E-state index < -0.39 is 34.8 Å². The van der Waals surface area contributed by atoms with Gasteiger partial charge in [0.2, 0.25) is 0 Å². The molecule has 0 spiro atoms. The van der Waals surface area contributed by atoms with E-state index in [9.17, 15) is 13.8 Å². The molecule has 0 aliphatic carbocycles. The zero-order chi connectivity index (χ0) is 13.7. The molecule has 1 aliphatic rings. The molecule has 8 heteroatoms. The maximum Gasteiger partial charge on any atom is 0.315 e. The first-order chi connectivity index (χ1) is 8.40. The summed E-state index contributed by atoms with van der Waals surface area (Å²) in [4.78, 5) is 22.5. The molecule has 0 aromatic rings. The van der Waals surface area contributed by atoms with Crippen LogP contribution in [0, 0.1) is 5.92 Å². The fourth-order valence-corrected chi connectivity index (χ4v) is 2.55. The SMILES string of the molecule is CC(CS(C)=O)NC(=O)NC1COCC1C(=O)O. The Bertz CT molecular complexity index is 349. The third-order valence-electron chi connectivity index (χ3n) is 2.58. The Kier molecular flexibility index (Phi) is 5.54. The van der Waals surface area contributed by atoms with E-state index in [1.807, 2.05) is 0 Å². The minimum atomic E-state index is -0.992. The fourth-order valence-electron chi connectivity index (χ4n) is 1.77. The maximum atomic E-state index is 11.6. The Morgan fingerprint density at radius 2 is 2.17 bits per heavy atom. The predicted molar refractivity (Wildman–Crippen MR) is 65.8 cm³/mol. The highest BCUT2D eigenvalue weighted by Crippen LogP contribution is 2.13. The summed E-state index contributed by atoms with van der Waals surface area (Å²) >= 11 is 0. The van der Waals surface area contributed by atoms with Crippen LogP contribution in [0.1, 0.15) is 6.92 Å². The molecule has 4 unspecified atom stereocenters. The number of carboxylic acid groups (broad SMARTS) is 1. The van der Waals surface area contributed by atoms with Crippen molar-refractivity contribution in [2.24, 2.45) is 5.92 Å². The molecule has 3 N–H and O–H groups in total. The highest BCUT2D eigenvalue weighted by Gasteiger charge is 2.35. The standard InChI is InChI=1S/C10H18N2O5S/c1-6(5-18(2)16)11-10(15)12-8-4-17-3-7(8)9(13)14/h6-8H,3-5H2,1-2H3,(H,13,14)(H2,11,12,15). The van der Waals surface area contributed by atoms with Gasteiger partial charge in [0, 0.05) is 28.9 Å².